The van der Waals surface area contributed by atoms with Crippen LogP contribution in [0.15, 0.2) is 122 Å². The fourth-order valence-electron chi connectivity index (χ4n) is 10.9. The maximum atomic E-state index is 14.2. The smallest absolute Gasteiger partial charge is 0.249 e. The largest absolute Gasteiger partial charge is 0.416 e. The summed E-state index contributed by atoms with van der Waals surface area (Å²) in [5, 5.41) is 0. The van der Waals surface area contributed by atoms with Crippen LogP contribution in [0, 0.1) is 5.92 Å². The van der Waals surface area contributed by atoms with Crippen molar-refractivity contribution in [3.63, 3.8) is 0 Å². The fraction of sp³-hybridized carbons (Fsp3) is 0.424. The van der Waals surface area contributed by atoms with Crippen molar-refractivity contribution in [3.05, 3.63) is 177 Å². The second-order valence-electron chi connectivity index (χ2n) is 21.3. The van der Waals surface area contributed by atoms with E-state index in [0.29, 0.717) is 5.92 Å². The zero-order valence-electron chi connectivity index (χ0n) is 45.1. The number of hydrogen-bond donors (Lipinski definition) is 0. The molecule has 1 aliphatic rings. The van der Waals surface area contributed by atoms with Crippen LogP contribution >= 0.6 is 0 Å². The zero-order valence-corrected chi connectivity index (χ0v) is 45.1. The highest BCUT2D eigenvalue weighted by Crippen LogP contribution is 2.42. The molecule has 0 radical (unpaired) electrons. The van der Waals surface area contributed by atoms with Gasteiger partial charge in [0, 0.05) is 11.5 Å². The van der Waals surface area contributed by atoms with Crippen molar-refractivity contribution < 1.29 is 110 Å². The van der Waals surface area contributed by atoms with Crippen LogP contribution in [0.3, 0.4) is 0 Å². The quantitative estimate of drug-likeness (QED) is 0.0408. The first-order chi connectivity index (χ1) is 39.6. The van der Waals surface area contributed by atoms with Crippen LogP contribution in [0.2, 0.25) is 0 Å². The molecule has 7 rings (SSSR count). The van der Waals surface area contributed by atoms with E-state index in [1.165, 1.54) is 94.7 Å². The minimum atomic E-state index is -6.13. The summed E-state index contributed by atoms with van der Waals surface area (Å²) >= 11 is 0. The Hall–Kier alpha value is -6.44. The van der Waals surface area contributed by atoms with E-state index in [4.69, 9.17) is 4.98 Å². The predicted molar refractivity (Wildman–Crippen MR) is 272 cm³/mol. The number of alkyl halides is 24. The Morgan fingerprint density at radius 3 is 1.00 bits per heavy atom. The summed E-state index contributed by atoms with van der Waals surface area (Å²) in [4.78, 5) is 4.73. The highest BCUT2D eigenvalue weighted by molar-refractivity contribution is 7.20. The van der Waals surface area contributed by atoms with Gasteiger partial charge in [0.25, 0.3) is 0 Å². The SMILES string of the molecule is CCCCCCCCCCC1CCC(c2c[n+](Cc3ccccc3)ccn2)CC1.FC(F)(F)c1cc([B-](c2cc(C(F)(F)F)cc(C(F)(F)F)c2)(c2cc(C(F)(F)F)cc(C(F)(F)F)c2)c2cc(C(F)(F)F)cc(C(F)(F)F)c2)cc(C(F)(F)F)c1. The third-order valence-electron chi connectivity index (χ3n) is 15.2. The molecule has 0 spiro atoms. The van der Waals surface area contributed by atoms with Gasteiger partial charge in [-0.05, 0) is 55.9 Å². The van der Waals surface area contributed by atoms with Crippen LogP contribution in [0.25, 0.3) is 0 Å². The Morgan fingerprint density at radius 2 is 0.698 bits per heavy atom. The number of aromatic nitrogens is 2. The summed E-state index contributed by atoms with van der Waals surface area (Å²) in [6.07, 6.45) is -30.0. The molecule has 0 unspecified atom stereocenters. The standard InChI is InChI=1S/C32H12BF24.C27H41N2/c34-25(35,36)13-1-14(26(37,38)39)6-21(5-13)33(22-7-15(27(40,41)42)2-16(8-22)28(43,44)45,23-9-17(29(46,47)48)3-18(10-23)30(49,50)51)24-11-19(31(52,53)54)4-20(12-24)32(55,56)57;1-2-3-4-5-6-7-8-10-13-24-16-18-26(19-17-24)27-23-29(21-20-28-27)22-25-14-11-9-12-15-25/h1-12H;9,11-12,14-15,20-21,23-24,26H,2-8,10,13,16-19,22H2,1H3/q-1;+1. The van der Waals surface area contributed by atoms with Gasteiger partial charge in [0.2, 0.25) is 0 Å². The van der Waals surface area contributed by atoms with Crippen LogP contribution in [0.4, 0.5) is 105 Å². The molecule has 1 saturated carbocycles. The Balaban J connectivity index is 0.000000340. The summed E-state index contributed by atoms with van der Waals surface area (Å²) in [6, 6.07) is 1.90. The maximum absolute atomic E-state index is 14.2. The minimum Gasteiger partial charge on any atom is -0.249 e. The van der Waals surface area contributed by atoms with Crippen molar-refractivity contribution in [1.82, 2.24) is 4.98 Å². The van der Waals surface area contributed by atoms with Crippen LogP contribution in [0.5, 0.6) is 0 Å². The van der Waals surface area contributed by atoms with Crippen molar-refractivity contribution >= 4 is 28.0 Å². The van der Waals surface area contributed by atoms with Crippen LogP contribution in [0.1, 0.15) is 152 Å². The summed E-state index contributed by atoms with van der Waals surface area (Å²) in [5.74, 6) is 1.62. The number of hydrogen-bond acceptors (Lipinski definition) is 1. The first kappa shape index (κ1) is 68.7. The molecule has 6 aromatic rings. The van der Waals surface area contributed by atoms with Gasteiger partial charge in [0.1, 0.15) is 11.8 Å². The van der Waals surface area contributed by atoms with E-state index in [1.807, 2.05) is 6.20 Å². The zero-order chi connectivity index (χ0) is 64.1. The fourth-order valence-corrected chi connectivity index (χ4v) is 10.9. The van der Waals surface area contributed by atoms with Gasteiger partial charge in [-0.25, -0.2) is 4.98 Å². The number of rotatable bonds is 16. The lowest BCUT2D eigenvalue weighted by molar-refractivity contribution is -0.689. The highest BCUT2D eigenvalue weighted by atomic mass is 19.4. The van der Waals surface area contributed by atoms with Crippen LogP contribution in [-0.2, 0) is 56.0 Å². The van der Waals surface area contributed by atoms with E-state index in [0.717, 1.165) is 12.5 Å². The van der Waals surface area contributed by atoms with Crippen molar-refractivity contribution in [2.24, 2.45) is 5.92 Å². The average molecular weight is 1260 g/mol. The highest BCUT2D eigenvalue weighted by Gasteiger charge is 2.47. The van der Waals surface area contributed by atoms with E-state index in [-0.39, 0.29) is 0 Å². The second-order valence-corrected chi connectivity index (χ2v) is 21.3. The van der Waals surface area contributed by atoms with Gasteiger partial charge in [-0.15, -0.1) is 0 Å². The molecule has 470 valence electrons. The molecule has 1 heterocycles. The summed E-state index contributed by atoms with van der Waals surface area (Å²) in [6.45, 7) is 3.23. The van der Waals surface area contributed by atoms with Crippen LogP contribution < -0.4 is 26.4 Å². The molecule has 5 aromatic carbocycles. The molecule has 0 atom stereocenters. The third-order valence-corrected chi connectivity index (χ3v) is 15.2. The molecule has 0 N–H and O–H groups in total. The third kappa shape index (κ3) is 17.9. The molecule has 0 bridgehead atoms. The second kappa shape index (κ2) is 26.5. The summed E-state index contributed by atoms with van der Waals surface area (Å²) in [5.41, 5.74) is -27.6. The normalized spacial score (nSPS) is 16.0. The van der Waals surface area contributed by atoms with Gasteiger partial charge >= 0.3 is 49.4 Å². The van der Waals surface area contributed by atoms with E-state index in [9.17, 15) is 105 Å². The molecular weight excluding hydrogens is 1200 g/mol. The Labute approximate surface area is 477 Å². The van der Waals surface area contributed by atoms with E-state index >= 15 is 0 Å². The molecule has 0 aliphatic heterocycles. The van der Waals surface area contributed by atoms with Crippen LogP contribution in [-0.4, -0.2) is 11.1 Å². The molecule has 27 heteroatoms. The average Bonchev–Trinajstić information content (AvgIpc) is 0.726. The Morgan fingerprint density at radius 1 is 0.395 bits per heavy atom. The lowest BCUT2D eigenvalue weighted by Gasteiger charge is -2.46. The molecule has 1 aromatic heterocycles. The summed E-state index contributed by atoms with van der Waals surface area (Å²) in [7, 11) is 0. The van der Waals surface area contributed by atoms with E-state index < -0.39 is 195 Å². The lowest BCUT2D eigenvalue weighted by Crippen LogP contribution is -2.75. The number of nitrogens with zero attached hydrogens (tertiary/aromatic N) is 2. The molecule has 1 fully saturated rings. The molecular formula is C59H53BF24N2. The van der Waals surface area contributed by atoms with E-state index in [2.05, 4.69) is 54.2 Å². The topological polar surface area (TPSA) is 16.8 Å². The van der Waals surface area contributed by atoms with Gasteiger partial charge < -0.3 is 0 Å². The van der Waals surface area contributed by atoms with Gasteiger partial charge in [0.15, 0.2) is 18.9 Å². The summed E-state index contributed by atoms with van der Waals surface area (Å²) < 4.78 is 343. The molecule has 2 nitrogen and oxygen atoms in total. The van der Waals surface area contributed by atoms with Crippen molar-refractivity contribution in [1.29, 1.82) is 0 Å². The lowest BCUT2D eigenvalue weighted by atomic mass is 9.12. The molecule has 86 heavy (non-hydrogen) atoms. The Kier molecular flexibility index (Phi) is 21.2. The van der Waals surface area contributed by atoms with Crippen molar-refractivity contribution in [2.75, 3.05) is 0 Å². The minimum absolute atomic E-state index is 0.660. The van der Waals surface area contributed by atoms with Gasteiger partial charge in [-0.1, -0.05) is 144 Å². The maximum Gasteiger partial charge on any atom is 0.416 e. The van der Waals surface area contributed by atoms with Gasteiger partial charge in [-0.2, -0.15) is 132 Å². The monoisotopic (exact) mass is 1260 g/mol. The first-order valence-corrected chi connectivity index (χ1v) is 26.9. The number of halogens is 24. The van der Waals surface area contributed by atoms with Crippen molar-refractivity contribution in [2.45, 2.75) is 152 Å². The van der Waals surface area contributed by atoms with Crippen molar-refractivity contribution in [3.8, 4) is 0 Å². The Bertz CT molecular complexity index is 2760. The molecule has 0 saturated heterocycles. The molecule has 0 amide bonds. The van der Waals surface area contributed by atoms with Gasteiger partial charge in [0.05, 0.1) is 50.7 Å². The first-order valence-electron chi connectivity index (χ1n) is 26.9. The number of benzene rings is 5. The van der Waals surface area contributed by atoms with E-state index in [1.54, 1.807) is 0 Å². The number of unbranched alkanes of at least 4 members (excludes halogenated alkanes) is 7. The molecule has 1 aliphatic carbocycles. The van der Waals surface area contributed by atoms with Gasteiger partial charge in [-0.3, -0.25) is 0 Å². The predicted octanol–water partition coefficient (Wildman–Crippen LogP) is 18.4.